The van der Waals surface area contributed by atoms with Crippen molar-refractivity contribution in [1.82, 2.24) is 0 Å². The number of nitrogens with one attached hydrogen (secondary N) is 1. The van der Waals surface area contributed by atoms with Gasteiger partial charge in [0.1, 0.15) is 5.69 Å². The van der Waals surface area contributed by atoms with Gasteiger partial charge in [0, 0.05) is 16.7 Å². The van der Waals surface area contributed by atoms with Gasteiger partial charge in [0.2, 0.25) is 0 Å². The first-order valence-corrected chi connectivity index (χ1v) is 4.83. The molecule has 0 aliphatic carbocycles. The van der Waals surface area contributed by atoms with E-state index in [9.17, 15) is 10.1 Å². The molecule has 0 saturated heterocycles. The van der Waals surface area contributed by atoms with Crippen LogP contribution in [0.2, 0.25) is 5.02 Å². The summed E-state index contributed by atoms with van der Waals surface area (Å²) in [5, 5.41) is 13.8. The van der Waals surface area contributed by atoms with Crippen molar-refractivity contribution in [2.75, 3.05) is 12.4 Å². The van der Waals surface area contributed by atoms with Crippen molar-refractivity contribution in [2.24, 2.45) is 0 Å². The molecule has 0 aliphatic rings. The van der Waals surface area contributed by atoms with Crippen LogP contribution in [0.5, 0.6) is 0 Å². The maximum Gasteiger partial charge on any atom is 0.293 e. The molecule has 1 N–H and O–H groups in total. The van der Waals surface area contributed by atoms with Gasteiger partial charge in [-0.2, -0.15) is 0 Å². The number of hydrogen-bond acceptors (Lipinski definition) is 3. The van der Waals surface area contributed by atoms with E-state index in [1.807, 2.05) is 22.6 Å². The number of rotatable bonds is 2. The van der Waals surface area contributed by atoms with Gasteiger partial charge in [-0.1, -0.05) is 11.6 Å². The normalized spacial score (nSPS) is 9.77. The number of nitrogens with zero attached hydrogens (tertiary/aromatic N) is 1. The Bertz CT molecular complexity index is 357. The van der Waals surface area contributed by atoms with Crippen LogP contribution < -0.4 is 5.32 Å². The first kappa shape index (κ1) is 10.5. The summed E-state index contributed by atoms with van der Waals surface area (Å²) < 4.78 is 0.671. The second-order valence-electron chi connectivity index (χ2n) is 2.29. The fourth-order valence-corrected chi connectivity index (χ4v) is 1.50. The van der Waals surface area contributed by atoms with E-state index in [1.165, 1.54) is 6.07 Å². The topological polar surface area (TPSA) is 55.2 Å². The predicted molar refractivity (Wildman–Crippen MR) is 60.4 cm³/mol. The quantitative estimate of drug-likeness (QED) is 0.519. The van der Waals surface area contributed by atoms with Gasteiger partial charge in [-0.3, -0.25) is 10.1 Å². The molecule has 0 radical (unpaired) electrons. The lowest BCUT2D eigenvalue weighted by molar-refractivity contribution is -0.384. The minimum absolute atomic E-state index is 0.0382. The number of benzene rings is 1. The van der Waals surface area contributed by atoms with Gasteiger partial charge >= 0.3 is 0 Å². The molecule has 0 unspecified atom stereocenters. The van der Waals surface area contributed by atoms with Crippen molar-refractivity contribution in [3.63, 3.8) is 0 Å². The summed E-state index contributed by atoms with van der Waals surface area (Å²) in [5.74, 6) is 0. The van der Waals surface area contributed by atoms with Crippen LogP contribution in [0.4, 0.5) is 11.4 Å². The maximum absolute atomic E-state index is 10.6. The van der Waals surface area contributed by atoms with E-state index in [0.29, 0.717) is 14.3 Å². The first-order valence-electron chi connectivity index (χ1n) is 3.37. The summed E-state index contributed by atoms with van der Waals surface area (Å²) in [7, 11) is 1.62. The second-order valence-corrected chi connectivity index (χ2v) is 3.86. The highest BCUT2D eigenvalue weighted by Gasteiger charge is 2.15. The Morgan fingerprint density at radius 1 is 1.62 bits per heavy atom. The average Bonchev–Trinajstić information content (AvgIpc) is 2.08. The number of hydrogen-bond donors (Lipinski definition) is 1. The molecule has 0 spiro atoms. The minimum atomic E-state index is -0.440. The summed E-state index contributed by atoms with van der Waals surface area (Å²) in [6.45, 7) is 0. The lowest BCUT2D eigenvalue weighted by atomic mass is 10.3. The molecule has 1 aromatic carbocycles. The first-order chi connectivity index (χ1) is 6.06. The Hall–Kier alpha value is -0.560. The van der Waals surface area contributed by atoms with Gasteiger partial charge in [0.25, 0.3) is 5.69 Å². The highest BCUT2D eigenvalue weighted by molar-refractivity contribution is 14.1. The summed E-state index contributed by atoms with van der Waals surface area (Å²) in [6.07, 6.45) is 0. The Balaban J connectivity index is 3.33. The highest BCUT2D eigenvalue weighted by atomic mass is 127. The van der Waals surface area contributed by atoms with Crippen LogP contribution >= 0.6 is 34.2 Å². The van der Waals surface area contributed by atoms with Crippen molar-refractivity contribution >= 4 is 45.6 Å². The van der Waals surface area contributed by atoms with Crippen molar-refractivity contribution < 1.29 is 4.92 Å². The molecule has 0 atom stereocenters. The van der Waals surface area contributed by atoms with E-state index < -0.39 is 4.92 Å². The van der Waals surface area contributed by atoms with E-state index in [2.05, 4.69) is 5.32 Å². The molecule has 1 rings (SSSR count). The van der Waals surface area contributed by atoms with Crippen LogP contribution in [-0.4, -0.2) is 12.0 Å². The smallest absolute Gasteiger partial charge is 0.293 e. The number of nitro benzene ring substituents is 1. The molecule has 0 amide bonds. The molecule has 0 heterocycles. The fourth-order valence-electron chi connectivity index (χ4n) is 0.888. The van der Waals surface area contributed by atoms with Crippen molar-refractivity contribution in [2.45, 2.75) is 0 Å². The monoisotopic (exact) mass is 312 g/mol. The van der Waals surface area contributed by atoms with E-state index in [0.717, 1.165) is 0 Å². The van der Waals surface area contributed by atoms with E-state index in [1.54, 1.807) is 13.1 Å². The van der Waals surface area contributed by atoms with Crippen LogP contribution in [-0.2, 0) is 0 Å². The second kappa shape index (κ2) is 4.10. The zero-order valence-electron chi connectivity index (χ0n) is 6.67. The van der Waals surface area contributed by atoms with Gasteiger partial charge in [0.05, 0.1) is 9.95 Å². The lowest BCUT2D eigenvalue weighted by Crippen LogP contribution is -1.97. The molecular weight excluding hydrogens is 306 g/mol. The lowest BCUT2D eigenvalue weighted by Gasteiger charge is -2.03. The Labute approximate surface area is 93.6 Å². The third-order valence-electron chi connectivity index (χ3n) is 1.50. The third kappa shape index (κ3) is 2.22. The Kier molecular flexibility index (Phi) is 3.32. The highest BCUT2D eigenvalue weighted by Crippen LogP contribution is 2.31. The maximum atomic E-state index is 10.6. The Morgan fingerprint density at radius 2 is 2.23 bits per heavy atom. The number of nitro groups is 1. The van der Waals surface area contributed by atoms with Gasteiger partial charge in [-0.25, -0.2) is 0 Å². The summed E-state index contributed by atoms with van der Waals surface area (Å²) in [4.78, 5) is 10.1. The van der Waals surface area contributed by atoms with Gasteiger partial charge in [-0.15, -0.1) is 0 Å². The molecule has 6 heteroatoms. The summed E-state index contributed by atoms with van der Waals surface area (Å²) in [6, 6.07) is 2.98. The standard InChI is InChI=1S/C7H6ClIN2O2/c1-10-6-2-4(8)5(9)3-7(6)11(12)13/h2-3,10H,1H3. The third-order valence-corrected chi connectivity index (χ3v) is 3.03. The van der Waals surface area contributed by atoms with Crippen LogP contribution in [0, 0.1) is 13.7 Å². The van der Waals surface area contributed by atoms with Crippen molar-refractivity contribution in [3.05, 3.63) is 30.8 Å². The molecule has 0 bridgehead atoms. The predicted octanol–water partition coefficient (Wildman–Crippen LogP) is 2.89. The van der Waals surface area contributed by atoms with Crippen LogP contribution in [0.15, 0.2) is 12.1 Å². The zero-order valence-corrected chi connectivity index (χ0v) is 9.59. The molecule has 70 valence electrons. The van der Waals surface area contributed by atoms with E-state index in [4.69, 9.17) is 11.6 Å². The number of anilines is 1. The fraction of sp³-hybridized carbons (Fsp3) is 0.143. The van der Waals surface area contributed by atoms with Crippen LogP contribution in [0.3, 0.4) is 0 Å². The molecular formula is C7H6ClIN2O2. The van der Waals surface area contributed by atoms with Crippen molar-refractivity contribution in [1.29, 1.82) is 0 Å². The molecule has 0 fully saturated rings. The summed E-state index contributed by atoms with van der Waals surface area (Å²) >= 11 is 7.75. The molecule has 1 aromatic rings. The average molecular weight is 312 g/mol. The van der Waals surface area contributed by atoms with Gasteiger partial charge in [-0.05, 0) is 28.7 Å². The van der Waals surface area contributed by atoms with Crippen LogP contribution in [0.25, 0.3) is 0 Å². The molecule has 0 aliphatic heterocycles. The minimum Gasteiger partial charge on any atom is -0.383 e. The molecule has 4 nitrogen and oxygen atoms in total. The molecule has 13 heavy (non-hydrogen) atoms. The SMILES string of the molecule is CNc1cc(Cl)c(I)cc1[N+](=O)[O-]. The largest absolute Gasteiger partial charge is 0.383 e. The Morgan fingerprint density at radius 3 is 2.69 bits per heavy atom. The van der Waals surface area contributed by atoms with E-state index >= 15 is 0 Å². The zero-order chi connectivity index (χ0) is 10.0. The molecule has 0 saturated carbocycles. The molecule has 0 aromatic heterocycles. The van der Waals surface area contributed by atoms with Crippen LogP contribution in [0.1, 0.15) is 0 Å². The number of halogens is 2. The summed E-state index contributed by atoms with van der Waals surface area (Å²) in [5.41, 5.74) is 0.465. The van der Waals surface area contributed by atoms with Gasteiger partial charge < -0.3 is 5.32 Å². The van der Waals surface area contributed by atoms with Gasteiger partial charge in [0.15, 0.2) is 0 Å². The van der Waals surface area contributed by atoms with Crippen molar-refractivity contribution in [3.8, 4) is 0 Å². The van der Waals surface area contributed by atoms with E-state index in [-0.39, 0.29) is 5.69 Å².